The Morgan fingerprint density at radius 1 is 1.26 bits per heavy atom. The van der Waals surface area contributed by atoms with Gasteiger partial charge in [-0.1, -0.05) is 29.8 Å². The van der Waals surface area contributed by atoms with Crippen molar-refractivity contribution in [3.63, 3.8) is 0 Å². The number of esters is 1. The Hall–Kier alpha value is -2.56. The summed E-state index contributed by atoms with van der Waals surface area (Å²) in [6.07, 6.45) is 1.84. The summed E-state index contributed by atoms with van der Waals surface area (Å²) >= 11 is 0. The van der Waals surface area contributed by atoms with Crippen LogP contribution in [0, 0.1) is 6.92 Å². The van der Waals surface area contributed by atoms with Crippen molar-refractivity contribution in [2.24, 2.45) is 5.73 Å². The second-order valence-corrected chi connectivity index (χ2v) is 5.83. The van der Waals surface area contributed by atoms with Gasteiger partial charge >= 0.3 is 5.97 Å². The van der Waals surface area contributed by atoms with Crippen LogP contribution in [0.25, 0.3) is 0 Å². The number of benzene rings is 1. The summed E-state index contributed by atoms with van der Waals surface area (Å²) in [5, 5.41) is 0. The van der Waals surface area contributed by atoms with Gasteiger partial charge in [-0.2, -0.15) is 0 Å². The average Bonchev–Trinajstić information content (AvgIpc) is 2.54. The van der Waals surface area contributed by atoms with Crippen molar-refractivity contribution in [1.82, 2.24) is 0 Å². The van der Waals surface area contributed by atoms with Crippen LogP contribution in [0.3, 0.4) is 0 Å². The van der Waals surface area contributed by atoms with E-state index in [1.165, 1.54) is 7.11 Å². The maximum absolute atomic E-state index is 12.5. The third kappa shape index (κ3) is 2.63. The molecule has 5 nitrogen and oxygen atoms in total. The van der Waals surface area contributed by atoms with Gasteiger partial charge in [0.25, 0.3) is 0 Å². The van der Waals surface area contributed by atoms with Gasteiger partial charge in [0.05, 0.1) is 13.0 Å². The molecule has 1 atom stereocenters. The molecule has 23 heavy (non-hydrogen) atoms. The van der Waals surface area contributed by atoms with E-state index < -0.39 is 11.9 Å². The SMILES string of the molecule is COC(=O)C1=C(N)OC2=C(C(=O)CCC2)[C@@H]1c1ccc(C)cc1. The fourth-order valence-electron chi connectivity index (χ4n) is 3.16. The van der Waals surface area contributed by atoms with Gasteiger partial charge in [-0.3, -0.25) is 4.79 Å². The highest BCUT2D eigenvalue weighted by molar-refractivity contribution is 6.03. The molecule has 0 radical (unpaired) electrons. The maximum Gasteiger partial charge on any atom is 0.340 e. The normalized spacial score (nSPS) is 21.0. The molecule has 0 saturated carbocycles. The number of allylic oxidation sites excluding steroid dienone is 2. The summed E-state index contributed by atoms with van der Waals surface area (Å²) in [5.74, 6) is -0.490. The number of nitrogens with two attached hydrogens (primary N) is 1. The first-order chi connectivity index (χ1) is 11.0. The fourth-order valence-corrected chi connectivity index (χ4v) is 3.16. The monoisotopic (exact) mass is 313 g/mol. The molecule has 0 aromatic heterocycles. The zero-order valence-electron chi connectivity index (χ0n) is 13.2. The van der Waals surface area contributed by atoms with Crippen LogP contribution in [0.15, 0.2) is 47.1 Å². The highest BCUT2D eigenvalue weighted by Gasteiger charge is 2.40. The Bertz CT molecular complexity index is 728. The number of rotatable bonds is 2. The number of methoxy groups -OCH3 is 1. The van der Waals surface area contributed by atoms with Crippen molar-refractivity contribution in [3.05, 3.63) is 58.2 Å². The number of hydrogen-bond acceptors (Lipinski definition) is 5. The van der Waals surface area contributed by atoms with Crippen LogP contribution in [0.4, 0.5) is 0 Å². The van der Waals surface area contributed by atoms with Gasteiger partial charge in [0, 0.05) is 18.4 Å². The maximum atomic E-state index is 12.5. The van der Waals surface area contributed by atoms with E-state index >= 15 is 0 Å². The summed E-state index contributed by atoms with van der Waals surface area (Å²) in [6.45, 7) is 1.98. The predicted molar refractivity (Wildman–Crippen MR) is 84.1 cm³/mol. The third-order valence-electron chi connectivity index (χ3n) is 4.30. The number of carbonyl (C=O) groups is 2. The third-order valence-corrected chi connectivity index (χ3v) is 4.30. The Morgan fingerprint density at radius 3 is 2.61 bits per heavy atom. The van der Waals surface area contributed by atoms with Crippen LogP contribution < -0.4 is 5.73 Å². The lowest BCUT2D eigenvalue weighted by molar-refractivity contribution is -0.136. The van der Waals surface area contributed by atoms with E-state index in [0.717, 1.165) is 17.5 Å². The first kappa shape index (κ1) is 15.3. The van der Waals surface area contributed by atoms with Crippen molar-refractivity contribution in [2.45, 2.75) is 32.1 Å². The lowest BCUT2D eigenvalue weighted by atomic mass is 9.77. The molecular weight excluding hydrogens is 294 g/mol. The molecule has 0 unspecified atom stereocenters. The van der Waals surface area contributed by atoms with Crippen LogP contribution in [0.1, 0.15) is 36.3 Å². The molecule has 0 fully saturated rings. The van der Waals surface area contributed by atoms with Crippen LogP contribution in [0.2, 0.25) is 0 Å². The number of Topliss-reactive ketones (excluding diaryl/α,β-unsaturated/α-hetero) is 1. The van der Waals surface area contributed by atoms with Gasteiger partial charge in [-0.25, -0.2) is 4.79 Å². The quantitative estimate of drug-likeness (QED) is 0.849. The highest BCUT2D eigenvalue weighted by Crippen LogP contribution is 2.43. The molecule has 5 heteroatoms. The predicted octanol–water partition coefficient (Wildman–Crippen LogP) is 2.46. The van der Waals surface area contributed by atoms with Gasteiger partial charge in [0.15, 0.2) is 5.78 Å². The minimum absolute atomic E-state index is 0.00530. The van der Waals surface area contributed by atoms with E-state index in [0.29, 0.717) is 24.2 Å². The van der Waals surface area contributed by atoms with E-state index in [1.807, 2.05) is 31.2 Å². The minimum Gasteiger partial charge on any atom is -0.465 e. The number of ether oxygens (including phenoxy) is 2. The lowest BCUT2D eigenvalue weighted by Gasteiger charge is -2.32. The molecule has 1 heterocycles. The molecule has 0 spiro atoms. The lowest BCUT2D eigenvalue weighted by Crippen LogP contribution is -2.31. The van der Waals surface area contributed by atoms with Crippen molar-refractivity contribution < 1.29 is 19.1 Å². The zero-order valence-corrected chi connectivity index (χ0v) is 13.2. The number of hydrogen-bond donors (Lipinski definition) is 1. The average molecular weight is 313 g/mol. The number of aryl methyl sites for hydroxylation is 1. The smallest absolute Gasteiger partial charge is 0.340 e. The van der Waals surface area contributed by atoms with Gasteiger partial charge in [0.1, 0.15) is 11.3 Å². The number of carbonyl (C=O) groups excluding carboxylic acids is 2. The van der Waals surface area contributed by atoms with Gasteiger partial charge in [-0.15, -0.1) is 0 Å². The van der Waals surface area contributed by atoms with E-state index in [2.05, 4.69) is 0 Å². The molecule has 1 aliphatic carbocycles. The zero-order chi connectivity index (χ0) is 16.6. The molecule has 120 valence electrons. The molecule has 2 aliphatic rings. The van der Waals surface area contributed by atoms with Crippen LogP contribution in [-0.2, 0) is 19.1 Å². The molecule has 2 N–H and O–H groups in total. The summed E-state index contributed by atoms with van der Waals surface area (Å²) in [6, 6.07) is 7.72. The Balaban J connectivity index is 2.18. The molecule has 0 amide bonds. The van der Waals surface area contributed by atoms with E-state index in [1.54, 1.807) is 0 Å². The van der Waals surface area contributed by atoms with Gasteiger partial charge < -0.3 is 15.2 Å². The number of ketones is 1. The van der Waals surface area contributed by atoms with Crippen LogP contribution >= 0.6 is 0 Å². The van der Waals surface area contributed by atoms with Crippen molar-refractivity contribution in [2.75, 3.05) is 7.11 Å². The van der Waals surface area contributed by atoms with Crippen LogP contribution in [-0.4, -0.2) is 18.9 Å². The summed E-state index contributed by atoms with van der Waals surface area (Å²) in [5.41, 5.74) is 8.65. The summed E-state index contributed by atoms with van der Waals surface area (Å²) < 4.78 is 10.4. The molecular formula is C18H19NO4. The topological polar surface area (TPSA) is 78.6 Å². The highest BCUT2D eigenvalue weighted by atomic mass is 16.5. The molecule has 1 aromatic carbocycles. The van der Waals surface area contributed by atoms with Crippen molar-refractivity contribution in [1.29, 1.82) is 0 Å². The molecule has 1 aliphatic heterocycles. The van der Waals surface area contributed by atoms with Crippen molar-refractivity contribution >= 4 is 11.8 Å². The second kappa shape index (κ2) is 5.91. The largest absolute Gasteiger partial charge is 0.465 e. The molecule has 1 aromatic rings. The van der Waals surface area contributed by atoms with E-state index in [-0.39, 0.29) is 17.2 Å². The van der Waals surface area contributed by atoms with Gasteiger partial charge in [-0.05, 0) is 18.9 Å². The van der Waals surface area contributed by atoms with E-state index in [4.69, 9.17) is 15.2 Å². The van der Waals surface area contributed by atoms with Gasteiger partial charge in [0.2, 0.25) is 5.88 Å². The summed E-state index contributed by atoms with van der Waals surface area (Å²) in [7, 11) is 1.29. The standard InChI is InChI=1S/C18H19NO4/c1-10-6-8-11(9-7-10)14-15-12(20)4-3-5-13(15)23-17(19)16(14)18(21)22-2/h6-9,14H,3-5,19H2,1-2H3/t14-/m0/s1. The minimum atomic E-state index is -0.571. The van der Waals surface area contributed by atoms with Crippen LogP contribution in [0.5, 0.6) is 0 Å². The Kier molecular flexibility index (Phi) is 3.94. The summed E-state index contributed by atoms with van der Waals surface area (Å²) in [4.78, 5) is 24.7. The second-order valence-electron chi connectivity index (χ2n) is 5.83. The Labute approximate surface area is 134 Å². The molecule has 0 bridgehead atoms. The molecule has 0 saturated heterocycles. The fraction of sp³-hybridized carbons (Fsp3) is 0.333. The van der Waals surface area contributed by atoms with E-state index in [9.17, 15) is 9.59 Å². The molecule has 3 rings (SSSR count). The first-order valence-corrected chi connectivity index (χ1v) is 7.61. The van der Waals surface area contributed by atoms with Crippen molar-refractivity contribution in [3.8, 4) is 0 Å². The first-order valence-electron chi connectivity index (χ1n) is 7.61. The Morgan fingerprint density at radius 2 is 1.96 bits per heavy atom.